The summed E-state index contributed by atoms with van der Waals surface area (Å²) in [5.41, 5.74) is 1.50. The lowest BCUT2D eigenvalue weighted by Gasteiger charge is -2.43. The standard InChI is InChI=1S/C46H48N6O6S/c1-4-45(55)21-26-50(27-22-45)34-18-23-51(24-19-34)44-47-40-17-12-32(28-38(40)42(48-44)46(30-53,58-35-13-14-35)33-8-6-5-7-9-33)39-29-49(3)43(54)41-37(39)20-25-52(41)59(56,57)36-15-10-31(2)11-16-36/h1,5-12,15-17,20,25,28-29,34-35,53,55H,13-14,18-19,21-24,26-27,30H2,2-3H3. The summed E-state index contributed by atoms with van der Waals surface area (Å²) in [4.78, 5) is 28.9. The fourth-order valence-electron chi connectivity index (χ4n) is 8.79. The smallest absolute Gasteiger partial charge is 0.275 e. The normalized spacial score (nSPS) is 18.9. The molecule has 1 aliphatic carbocycles. The van der Waals surface area contributed by atoms with Crippen LogP contribution in [0, 0.1) is 19.3 Å². The monoisotopic (exact) mass is 812 g/mol. The van der Waals surface area contributed by atoms with Crippen LogP contribution in [0.3, 0.4) is 0 Å². The summed E-state index contributed by atoms with van der Waals surface area (Å²) >= 11 is 0. The van der Waals surface area contributed by atoms with Crippen molar-refractivity contribution < 1.29 is 23.4 Å². The summed E-state index contributed by atoms with van der Waals surface area (Å²) < 4.78 is 37.3. The second-order valence-electron chi connectivity index (χ2n) is 16.4. The Kier molecular flexibility index (Phi) is 9.97. The lowest BCUT2D eigenvalue weighted by molar-refractivity contribution is -0.0672. The molecule has 2 saturated heterocycles. The minimum Gasteiger partial charge on any atom is -0.393 e. The summed E-state index contributed by atoms with van der Waals surface area (Å²) in [5.74, 6) is 3.13. The number of rotatable bonds is 10. The molecule has 0 radical (unpaired) electrons. The van der Waals surface area contributed by atoms with Gasteiger partial charge in [-0.05, 0) is 74.1 Å². The highest BCUT2D eigenvalue weighted by Crippen LogP contribution is 2.43. The van der Waals surface area contributed by atoms with E-state index in [2.05, 4.69) is 15.7 Å². The highest BCUT2D eigenvalue weighted by Gasteiger charge is 2.44. The SMILES string of the molecule is C#CC1(O)CCN(C2CCN(c3nc(C(CO)(OC4CC4)c4ccccc4)c4cc(-c5cn(C)c(=O)c6c5ccn6S(=O)(=O)c5ccc(C)cc5)ccc4n3)CC2)CC1. The van der Waals surface area contributed by atoms with Crippen LogP contribution in [0.4, 0.5) is 5.95 Å². The third kappa shape index (κ3) is 7.02. The minimum atomic E-state index is -4.09. The number of anilines is 1. The maximum Gasteiger partial charge on any atom is 0.275 e. The van der Waals surface area contributed by atoms with E-state index in [9.17, 15) is 23.4 Å². The largest absolute Gasteiger partial charge is 0.393 e. The van der Waals surface area contributed by atoms with Gasteiger partial charge in [0, 0.05) is 80.8 Å². The molecule has 0 bridgehead atoms. The number of hydrogen-bond acceptors (Lipinski definition) is 10. The maximum absolute atomic E-state index is 14.0. The van der Waals surface area contributed by atoms with Gasteiger partial charge in [-0.15, -0.1) is 6.42 Å². The topological polar surface area (TPSA) is 143 Å². The zero-order valence-electron chi connectivity index (χ0n) is 33.3. The molecular formula is C46H48N6O6S. The third-order valence-electron chi connectivity index (χ3n) is 12.5. The molecule has 13 heteroatoms. The van der Waals surface area contributed by atoms with Crippen LogP contribution in [0.1, 0.15) is 55.3 Å². The Morgan fingerprint density at radius 2 is 1.64 bits per heavy atom. The molecule has 6 aromatic rings. The van der Waals surface area contributed by atoms with E-state index in [1.54, 1.807) is 43.6 Å². The van der Waals surface area contributed by atoms with Crippen LogP contribution < -0.4 is 10.5 Å². The number of benzene rings is 3. The van der Waals surface area contributed by atoms with Crippen LogP contribution in [0.25, 0.3) is 32.9 Å². The lowest BCUT2D eigenvalue weighted by atomic mass is 9.87. The molecular weight excluding hydrogens is 765 g/mol. The van der Waals surface area contributed by atoms with Gasteiger partial charge in [0.2, 0.25) is 5.95 Å². The van der Waals surface area contributed by atoms with Crippen molar-refractivity contribution in [3.63, 3.8) is 0 Å². The van der Waals surface area contributed by atoms with Crippen LogP contribution in [0.15, 0.2) is 101 Å². The average molecular weight is 813 g/mol. The predicted molar refractivity (Wildman–Crippen MR) is 228 cm³/mol. The number of hydrogen-bond donors (Lipinski definition) is 2. The Hall–Kier alpha value is -5.36. The number of aliphatic hydroxyl groups is 2. The predicted octanol–water partition coefficient (Wildman–Crippen LogP) is 5.34. The number of nitrogens with zero attached hydrogens (tertiary/aromatic N) is 6. The molecule has 1 unspecified atom stereocenters. The van der Waals surface area contributed by atoms with Gasteiger partial charge in [0.1, 0.15) is 11.1 Å². The number of ether oxygens (including phenoxy) is 1. The first-order valence-electron chi connectivity index (χ1n) is 20.3. The van der Waals surface area contributed by atoms with E-state index in [4.69, 9.17) is 21.1 Å². The number of pyridine rings is 1. The van der Waals surface area contributed by atoms with Gasteiger partial charge < -0.3 is 24.4 Å². The average Bonchev–Trinajstić information content (AvgIpc) is 3.97. The first-order valence-corrected chi connectivity index (χ1v) is 21.8. The number of aryl methyl sites for hydroxylation is 2. The second kappa shape index (κ2) is 15.0. The van der Waals surface area contributed by atoms with Crippen LogP contribution in [-0.4, -0.2) is 92.6 Å². The van der Waals surface area contributed by atoms with Crippen molar-refractivity contribution in [2.24, 2.45) is 7.05 Å². The van der Waals surface area contributed by atoms with E-state index in [1.165, 1.54) is 10.8 Å². The fraction of sp³-hybridized carbons (Fsp3) is 0.370. The highest BCUT2D eigenvalue weighted by molar-refractivity contribution is 7.90. The van der Waals surface area contributed by atoms with Gasteiger partial charge in [-0.2, -0.15) is 0 Å². The first-order chi connectivity index (χ1) is 28.4. The first kappa shape index (κ1) is 39.1. The van der Waals surface area contributed by atoms with Crippen molar-refractivity contribution in [1.82, 2.24) is 23.4 Å². The number of aromatic nitrogens is 4. The van der Waals surface area contributed by atoms with E-state index in [-0.39, 0.29) is 23.1 Å². The van der Waals surface area contributed by atoms with Crippen molar-refractivity contribution in [2.45, 2.75) is 73.7 Å². The van der Waals surface area contributed by atoms with Crippen LogP contribution in [0.5, 0.6) is 0 Å². The molecule has 2 aliphatic heterocycles. The van der Waals surface area contributed by atoms with E-state index < -0.39 is 26.8 Å². The van der Waals surface area contributed by atoms with Gasteiger partial charge in [0.05, 0.1) is 28.8 Å². The van der Waals surface area contributed by atoms with Crippen LogP contribution in [0.2, 0.25) is 0 Å². The summed E-state index contributed by atoms with van der Waals surface area (Å²) in [7, 11) is -2.48. The number of terminal acetylenes is 1. The van der Waals surface area contributed by atoms with Gasteiger partial charge in [0.25, 0.3) is 15.6 Å². The number of aliphatic hydroxyl groups excluding tert-OH is 1. The summed E-state index contributed by atoms with van der Waals surface area (Å²) in [6.45, 7) is 4.48. The van der Waals surface area contributed by atoms with Crippen molar-refractivity contribution in [3.8, 4) is 23.5 Å². The summed E-state index contributed by atoms with van der Waals surface area (Å²) in [6.07, 6.45) is 13.4. The van der Waals surface area contributed by atoms with E-state index in [1.807, 2.05) is 55.5 Å². The molecule has 59 heavy (non-hydrogen) atoms. The Morgan fingerprint density at radius 1 is 0.932 bits per heavy atom. The molecule has 5 heterocycles. The van der Waals surface area contributed by atoms with Gasteiger partial charge in [-0.3, -0.25) is 9.69 Å². The number of piperidine rings is 2. The van der Waals surface area contributed by atoms with Crippen LogP contribution in [-0.2, 0) is 27.4 Å². The molecule has 0 amide bonds. The second-order valence-corrected chi connectivity index (χ2v) is 18.2. The fourth-order valence-corrected chi connectivity index (χ4v) is 10.1. The van der Waals surface area contributed by atoms with Gasteiger partial charge >= 0.3 is 0 Å². The molecule has 3 fully saturated rings. The molecule has 0 spiro atoms. The molecule has 1 atom stereocenters. The molecule has 3 aromatic heterocycles. The molecule has 304 valence electrons. The molecule has 1 saturated carbocycles. The Morgan fingerprint density at radius 3 is 2.31 bits per heavy atom. The highest BCUT2D eigenvalue weighted by atomic mass is 32.2. The van der Waals surface area contributed by atoms with Gasteiger partial charge in [-0.1, -0.05) is 60.0 Å². The molecule has 3 aliphatic rings. The van der Waals surface area contributed by atoms with Crippen molar-refractivity contribution in [2.75, 3.05) is 37.7 Å². The van der Waals surface area contributed by atoms with Gasteiger partial charge in [0.15, 0.2) is 5.60 Å². The summed E-state index contributed by atoms with van der Waals surface area (Å²) in [5, 5.41) is 23.3. The maximum atomic E-state index is 14.0. The zero-order valence-corrected chi connectivity index (χ0v) is 34.1. The lowest BCUT2D eigenvalue weighted by Crippen LogP contribution is -2.51. The molecule has 2 N–H and O–H groups in total. The Labute approximate surface area is 343 Å². The summed E-state index contributed by atoms with van der Waals surface area (Å²) in [6, 6.07) is 24.1. The van der Waals surface area contributed by atoms with E-state index in [0.717, 1.165) is 67.0 Å². The van der Waals surface area contributed by atoms with Crippen molar-refractivity contribution >= 4 is 37.8 Å². The number of likely N-dealkylation sites (tertiary alicyclic amines) is 1. The van der Waals surface area contributed by atoms with Crippen molar-refractivity contribution in [3.05, 3.63) is 118 Å². The zero-order chi connectivity index (χ0) is 41.1. The number of fused-ring (bicyclic) bond motifs is 2. The molecule has 9 rings (SSSR count). The van der Waals surface area contributed by atoms with E-state index in [0.29, 0.717) is 57.9 Å². The Bertz CT molecular complexity index is 2760. The van der Waals surface area contributed by atoms with Gasteiger partial charge in [-0.25, -0.2) is 22.4 Å². The Balaban J connectivity index is 1.16. The minimum absolute atomic E-state index is 0.0447. The van der Waals surface area contributed by atoms with E-state index >= 15 is 0 Å². The molecule has 12 nitrogen and oxygen atoms in total. The third-order valence-corrected chi connectivity index (χ3v) is 14.1. The quantitative estimate of drug-likeness (QED) is 0.174. The molecule has 3 aromatic carbocycles. The van der Waals surface area contributed by atoms with Crippen LogP contribution >= 0.6 is 0 Å². The van der Waals surface area contributed by atoms with Crippen molar-refractivity contribution in [1.29, 1.82) is 0 Å².